The minimum atomic E-state index is 0.560. The molecule has 116 valence electrons. The van der Waals surface area contributed by atoms with Gasteiger partial charge < -0.3 is 10.2 Å². The lowest BCUT2D eigenvalue weighted by molar-refractivity contribution is 1.05. The van der Waals surface area contributed by atoms with Gasteiger partial charge in [-0.25, -0.2) is 4.98 Å². The first-order valence-corrected chi connectivity index (χ1v) is 7.67. The van der Waals surface area contributed by atoms with Crippen LogP contribution < -0.4 is 10.2 Å². The molecular weight excluding hydrogens is 308 g/mol. The fourth-order valence-corrected chi connectivity index (χ4v) is 2.35. The lowest BCUT2D eigenvalue weighted by Crippen LogP contribution is -2.13. The van der Waals surface area contributed by atoms with Crippen molar-refractivity contribution < 1.29 is 0 Å². The molecule has 0 bridgehead atoms. The van der Waals surface area contributed by atoms with Gasteiger partial charge in [0.05, 0.1) is 0 Å². The van der Waals surface area contributed by atoms with Gasteiger partial charge in [-0.1, -0.05) is 29.8 Å². The average Bonchev–Trinajstić information content (AvgIpc) is 2.56. The summed E-state index contributed by atoms with van der Waals surface area (Å²) in [6.07, 6.45) is 0. The molecule has 2 aromatic carbocycles. The molecule has 0 atom stereocenters. The highest BCUT2D eigenvalue weighted by Crippen LogP contribution is 2.24. The molecule has 0 saturated heterocycles. The first kappa shape index (κ1) is 15.3. The molecule has 0 aliphatic carbocycles. The van der Waals surface area contributed by atoms with E-state index in [2.05, 4.69) is 15.3 Å². The zero-order chi connectivity index (χ0) is 16.2. The van der Waals surface area contributed by atoms with Gasteiger partial charge in [-0.15, -0.1) is 0 Å². The molecule has 1 N–H and O–H groups in total. The summed E-state index contributed by atoms with van der Waals surface area (Å²) in [5.74, 6) is 1.39. The van der Waals surface area contributed by atoms with Crippen LogP contribution in [0.3, 0.4) is 0 Å². The molecule has 4 nitrogen and oxygen atoms in total. The van der Waals surface area contributed by atoms with Crippen molar-refractivity contribution in [2.75, 3.05) is 17.3 Å². The van der Waals surface area contributed by atoms with Crippen LogP contribution in [-0.4, -0.2) is 17.0 Å². The molecule has 0 spiro atoms. The van der Waals surface area contributed by atoms with Crippen molar-refractivity contribution in [1.82, 2.24) is 9.97 Å². The second-order valence-corrected chi connectivity index (χ2v) is 5.65. The van der Waals surface area contributed by atoms with Crippen molar-refractivity contribution >= 4 is 34.7 Å². The first-order valence-electron chi connectivity index (χ1n) is 7.29. The quantitative estimate of drug-likeness (QED) is 0.737. The van der Waals surface area contributed by atoms with E-state index in [-0.39, 0.29) is 0 Å². The van der Waals surface area contributed by atoms with Gasteiger partial charge in [0.25, 0.3) is 0 Å². The highest BCUT2D eigenvalue weighted by atomic mass is 35.5. The maximum Gasteiger partial charge on any atom is 0.229 e. The molecule has 23 heavy (non-hydrogen) atoms. The van der Waals surface area contributed by atoms with Gasteiger partial charge in [-0.3, -0.25) is 0 Å². The van der Waals surface area contributed by atoms with E-state index in [1.54, 1.807) is 0 Å². The van der Waals surface area contributed by atoms with Crippen molar-refractivity contribution in [2.45, 2.75) is 6.92 Å². The fraction of sp³-hybridized carbons (Fsp3) is 0.111. The number of halogens is 1. The summed E-state index contributed by atoms with van der Waals surface area (Å²) in [5, 5.41) is 3.91. The number of aryl methyl sites for hydroxylation is 1. The molecule has 1 heterocycles. The van der Waals surface area contributed by atoms with Gasteiger partial charge in [0.15, 0.2) is 0 Å². The first-order chi connectivity index (χ1) is 11.1. The summed E-state index contributed by atoms with van der Waals surface area (Å²) >= 11 is 5.91. The van der Waals surface area contributed by atoms with E-state index in [1.165, 1.54) is 0 Å². The maximum absolute atomic E-state index is 5.91. The van der Waals surface area contributed by atoms with Crippen LogP contribution >= 0.6 is 11.6 Å². The van der Waals surface area contributed by atoms with Gasteiger partial charge in [-0.05, 0) is 43.3 Å². The number of nitrogens with one attached hydrogen (secondary N) is 1. The van der Waals surface area contributed by atoms with E-state index in [1.807, 2.05) is 79.5 Å². The molecule has 0 fully saturated rings. The normalized spacial score (nSPS) is 10.4. The second-order valence-electron chi connectivity index (χ2n) is 5.22. The number of nitrogens with zero attached hydrogens (tertiary/aromatic N) is 3. The minimum Gasteiger partial charge on any atom is -0.329 e. The van der Waals surface area contributed by atoms with Crippen LogP contribution in [0.25, 0.3) is 0 Å². The lowest BCUT2D eigenvalue weighted by Gasteiger charge is -2.19. The molecule has 0 radical (unpaired) electrons. The fourth-order valence-electron chi connectivity index (χ4n) is 2.23. The van der Waals surface area contributed by atoms with Gasteiger partial charge in [-0.2, -0.15) is 4.98 Å². The molecule has 0 saturated carbocycles. The summed E-state index contributed by atoms with van der Waals surface area (Å²) in [6, 6.07) is 19.5. The standard InChI is InChI=1S/C18H17ClN4/c1-13-12-17(23(2)16-6-4-3-5-7-16)22-18(20-13)21-15-10-8-14(19)9-11-15/h3-12H,1-2H3,(H,20,21,22). The van der Waals surface area contributed by atoms with E-state index in [9.17, 15) is 0 Å². The highest BCUT2D eigenvalue weighted by molar-refractivity contribution is 6.30. The van der Waals surface area contributed by atoms with Crippen LogP contribution in [0.2, 0.25) is 5.02 Å². The number of rotatable bonds is 4. The molecule has 5 heteroatoms. The van der Waals surface area contributed by atoms with Crippen molar-refractivity contribution in [1.29, 1.82) is 0 Å². The van der Waals surface area contributed by atoms with Gasteiger partial charge in [0.1, 0.15) is 5.82 Å². The molecule has 3 rings (SSSR count). The Kier molecular flexibility index (Phi) is 4.44. The third-order valence-electron chi connectivity index (χ3n) is 3.43. The van der Waals surface area contributed by atoms with Crippen LogP contribution in [-0.2, 0) is 0 Å². The number of aromatic nitrogens is 2. The van der Waals surface area contributed by atoms with E-state index >= 15 is 0 Å². The monoisotopic (exact) mass is 324 g/mol. The molecule has 0 aliphatic heterocycles. The highest BCUT2D eigenvalue weighted by Gasteiger charge is 2.08. The topological polar surface area (TPSA) is 41.1 Å². The Bertz CT molecular complexity index is 788. The van der Waals surface area contributed by atoms with E-state index in [0.717, 1.165) is 22.9 Å². The number of hydrogen-bond donors (Lipinski definition) is 1. The average molecular weight is 325 g/mol. The van der Waals surface area contributed by atoms with Crippen LogP contribution in [0.15, 0.2) is 60.7 Å². The third-order valence-corrected chi connectivity index (χ3v) is 3.68. The largest absolute Gasteiger partial charge is 0.329 e. The Hall–Kier alpha value is -2.59. The zero-order valence-corrected chi connectivity index (χ0v) is 13.7. The third kappa shape index (κ3) is 3.79. The van der Waals surface area contributed by atoms with Crippen molar-refractivity contribution in [3.05, 3.63) is 71.4 Å². The lowest BCUT2D eigenvalue weighted by atomic mass is 10.3. The van der Waals surface area contributed by atoms with Gasteiger partial charge in [0.2, 0.25) is 5.95 Å². The van der Waals surface area contributed by atoms with Crippen molar-refractivity contribution in [3.8, 4) is 0 Å². The number of hydrogen-bond acceptors (Lipinski definition) is 4. The van der Waals surface area contributed by atoms with Gasteiger partial charge >= 0.3 is 0 Å². The Morgan fingerprint density at radius 1 is 0.957 bits per heavy atom. The van der Waals surface area contributed by atoms with Gasteiger partial charge in [0, 0.05) is 35.2 Å². The molecule has 0 aliphatic rings. The summed E-state index contributed by atoms with van der Waals surface area (Å²) in [7, 11) is 1.99. The van der Waals surface area contributed by atoms with E-state index < -0.39 is 0 Å². The molecular formula is C18H17ClN4. The van der Waals surface area contributed by atoms with E-state index in [4.69, 9.17) is 11.6 Å². The predicted molar refractivity (Wildman–Crippen MR) is 96.0 cm³/mol. The number of anilines is 4. The Balaban J connectivity index is 1.88. The molecule has 0 unspecified atom stereocenters. The SMILES string of the molecule is Cc1cc(N(C)c2ccccc2)nc(Nc2ccc(Cl)cc2)n1. The van der Waals surface area contributed by atoms with Crippen LogP contribution in [0.1, 0.15) is 5.69 Å². The predicted octanol–water partition coefficient (Wildman–Crippen LogP) is 4.95. The summed E-state index contributed by atoms with van der Waals surface area (Å²) in [4.78, 5) is 11.1. The maximum atomic E-state index is 5.91. The summed E-state index contributed by atoms with van der Waals surface area (Å²) in [5.41, 5.74) is 2.87. The van der Waals surface area contributed by atoms with Crippen LogP contribution in [0, 0.1) is 6.92 Å². The Morgan fingerprint density at radius 3 is 2.35 bits per heavy atom. The number of para-hydroxylation sites is 1. The van der Waals surface area contributed by atoms with Crippen LogP contribution in [0.4, 0.5) is 23.1 Å². The summed E-state index contributed by atoms with van der Waals surface area (Å²) < 4.78 is 0. The van der Waals surface area contributed by atoms with Crippen molar-refractivity contribution in [2.24, 2.45) is 0 Å². The van der Waals surface area contributed by atoms with E-state index in [0.29, 0.717) is 11.0 Å². The second kappa shape index (κ2) is 6.67. The minimum absolute atomic E-state index is 0.560. The number of benzene rings is 2. The summed E-state index contributed by atoms with van der Waals surface area (Å²) in [6.45, 7) is 1.96. The Labute approximate surface area is 140 Å². The Morgan fingerprint density at radius 2 is 1.65 bits per heavy atom. The molecule has 0 amide bonds. The van der Waals surface area contributed by atoms with Crippen molar-refractivity contribution in [3.63, 3.8) is 0 Å². The van der Waals surface area contributed by atoms with Crippen LogP contribution in [0.5, 0.6) is 0 Å². The smallest absolute Gasteiger partial charge is 0.229 e. The zero-order valence-electron chi connectivity index (χ0n) is 13.0. The molecule has 3 aromatic rings. The molecule has 1 aromatic heterocycles.